The average molecular weight is 314 g/mol. The Hall–Kier alpha value is -0.410. The lowest BCUT2D eigenvalue weighted by molar-refractivity contribution is 0.0729. The van der Waals surface area contributed by atoms with E-state index in [0.29, 0.717) is 12.0 Å². The highest BCUT2D eigenvalue weighted by molar-refractivity contribution is 9.10. The maximum absolute atomic E-state index is 13.4. The molecule has 1 fully saturated rings. The van der Waals surface area contributed by atoms with Crippen LogP contribution in [0.4, 0.5) is 4.39 Å². The predicted molar refractivity (Wildman–Crippen MR) is 76.9 cm³/mol. The molecule has 1 aliphatic rings. The zero-order chi connectivity index (χ0) is 13.3. The van der Waals surface area contributed by atoms with E-state index >= 15 is 0 Å². The van der Waals surface area contributed by atoms with Gasteiger partial charge in [0.25, 0.3) is 0 Å². The SMILES string of the molecule is CC1CC(C)C(C)N(Cc2cc(F)cc(Br)c2)C1. The standard InChI is InChI=1S/C15H21BrFN/c1-10-4-11(2)12(3)18(8-10)9-13-5-14(16)7-15(17)6-13/h5-7,10-12H,4,8-9H2,1-3H3. The first kappa shape index (κ1) is 14.0. The monoisotopic (exact) mass is 313 g/mol. The van der Waals surface area contributed by atoms with Crippen molar-refractivity contribution in [3.63, 3.8) is 0 Å². The van der Waals surface area contributed by atoms with E-state index < -0.39 is 0 Å². The van der Waals surface area contributed by atoms with Crippen molar-refractivity contribution in [2.45, 2.75) is 39.8 Å². The van der Waals surface area contributed by atoms with Crippen molar-refractivity contribution in [3.05, 3.63) is 34.1 Å². The van der Waals surface area contributed by atoms with Gasteiger partial charge in [0.2, 0.25) is 0 Å². The first-order valence-electron chi connectivity index (χ1n) is 6.64. The maximum Gasteiger partial charge on any atom is 0.124 e. The smallest absolute Gasteiger partial charge is 0.124 e. The van der Waals surface area contributed by atoms with Gasteiger partial charge in [-0.05, 0) is 48.9 Å². The molecule has 100 valence electrons. The first-order valence-corrected chi connectivity index (χ1v) is 7.44. The highest BCUT2D eigenvalue weighted by Crippen LogP contribution is 2.28. The van der Waals surface area contributed by atoms with E-state index in [1.165, 1.54) is 12.5 Å². The van der Waals surface area contributed by atoms with Crippen LogP contribution >= 0.6 is 15.9 Å². The summed E-state index contributed by atoms with van der Waals surface area (Å²) in [5.74, 6) is 1.28. The molecular formula is C15H21BrFN. The molecule has 18 heavy (non-hydrogen) atoms. The molecule has 3 heteroatoms. The second kappa shape index (κ2) is 5.70. The lowest BCUT2D eigenvalue weighted by Crippen LogP contribution is -2.45. The van der Waals surface area contributed by atoms with Crippen LogP contribution in [0.1, 0.15) is 32.8 Å². The van der Waals surface area contributed by atoms with Gasteiger partial charge in [-0.1, -0.05) is 29.8 Å². The molecule has 0 saturated carbocycles. The normalized spacial score (nSPS) is 29.5. The predicted octanol–water partition coefficient (Wildman–Crippen LogP) is 4.45. The molecule has 1 nitrogen and oxygen atoms in total. The molecule has 0 spiro atoms. The summed E-state index contributed by atoms with van der Waals surface area (Å²) >= 11 is 3.36. The van der Waals surface area contributed by atoms with E-state index in [4.69, 9.17) is 0 Å². The molecule has 1 saturated heterocycles. The lowest BCUT2D eigenvalue weighted by atomic mass is 9.86. The number of nitrogens with zero attached hydrogens (tertiary/aromatic N) is 1. The van der Waals surface area contributed by atoms with Gasteiger partial charge in [0.05, 0.1) is 0 Å². The largest absolute Gasteiger partial charge is 0.296 e. The van der Waals surface area contributed by atoms with Gasteiger partial charge in [-0.2, -0.15) is 0 Å². The van der Waals surface area contributed by atoms with Crippen LogP contribution in [0, 0.1) is 17.7 Å². The number of hydrogen-bond acceptors (Lipinski definition) is 1. The molecule has 3 atom stereocenters. The van der Waals surface area contributed by atoms with Gasteiger partial charge in [0.1, 0.15) is 5.82 Å². The third-order valence-corrected chi connectivity index (χ3v) is 4.49. The quantitative estimate of drug-likeness (QED) is 0.779. The number of hydrogen-bond donors (Lipinski definition) is 0. The van der Waals surface area contributed by atoms with E-state index in [1.807, 2.05) is 6.07 Å². The van der Waals surface area contributed by atoms with Crippen molar-refractivity contribution < 1.29 is 4.39 Å². The van der Waals surface area contributed by atoms with E-state index in [1.54, 1.807) is 6.07 Å². The molecular weight excluding hydrogens is 293 g/mol. The van der Waals surface area contributed by atoms with Crippen molar-refractivity contribution in [1.29, 1.82) is 0 Å². The first-order chi connectivity index (χ1) is 8.45. The minimum atomic E-state index is -0.162. The Kier molecular flexibility index (Phi) is 4.44. The van der Waals surface area contributed by atoms with Crippen LogP contribution in [0.25, 0.3) is 0 Å². The summed E-state index contributed by atoms with van der Waals surface area (Å²) < 4.78 is 14.2. The van der Waals surface area contributed by atoms with Crippen LogP contribution in [-0.2, 0) is 6.54 Å². The summed E-state index contributed by atoms with van der Waals surface area (Å²) in [4.78, 5) is 2.47. The van der Waals surface area contributed by atoms with Crippen molar-refractivity contribution in [2.24, 2.45) is 11.8 Å². The Balaban J connectivity index is 2.12. The third-order valence-electron chi connectivity index (χ3n) is 4.03. The van der Waals surface area contributed by atoms with Crippen LogP contribution in [-0.4, -0.2) is 17.5 Å². The van der Waals surface area contributed by atoms with Crippen molar-refractivity contribution in [3.8, 4) is 0 Å². The maximum atomic E-state index is 13.4. The van der Waals surface area contributed by atoms with E-state index in [2.05, 4.69) is 41.6 Å². The number of piperidine rings is 1. The second-order valence-corrected chi connectivity index (χ2v) is 6.68. The van der Waals surface area contributed by atoms with Crippen LogP contribution in [0.5, 0.6) is 0 Å². The highest BCUT2D eigenvalue weighted by Gasteiger charge is 2.28. The van der Waals surface area contributed by atoms with Gasteiger partial charge in [-0.15, -0.1) is 0 Å². The molecule has 3 unspecified atom stereocenters. The van der Waals surface area contributed by atoms with E-state index in [9.17, 15) is 4.39 Å². The van der Waals surface area contributed by atoms with Crippen LogP contribution in [0.2, 0.25) is 0 Å². The topological polar surface area (TPSA) is 3.24 Å². The highest BCUT2D eigenvalue weighted by atomic mass is 79.9. The van der Waals surface area contributed by atoms with E-state index in [-0.39, 0.29) is 5.82 Å². The van der Waals surface area contributed by atoms with Crippen molar-refractivity contribution in [1.82, 2.24) is 4.90 Å². The Labute approximate surface area is 118 Å². The average Bonchev–Trinajstić information content (AvgIpc) is 2.23. The summed E-state index contributed by atoms with van der Waals surface area (Å²) in [7, 11) is 0. The van der Waals surface area contributed by atoms with Crippen molar-refractivity contribution >= 4 is 15.9 Å². The molecule has 0 amide bonds. The lowest BCUT2D eigenvalue weighted by Gasteiger charge is -2.41. The van der Waals surface area contributed by atoms with Crippen LogP contribution < -0.4 is 0 Å². The molecule has 1 heterocycles. The number of rotatable bonds is 2. The van der Waals surface area contributed by atoms with Crippen LogP contribution in [0.15, 0.2) is 22.7 Å². The van der Waals surface area contributed by atoms with Crippen LogP contribution in [0.3, 0.4) is 0 Å². The Bertz CT molecular complexity index is 401. The molecule has 0 bridgehead atoms. The van der Waals surface area contributed by atoms with Gasteiger partial charge < -0.3 is 0 Å². The van der Waals surface area contributed by atoms with Gasteiger partial charge in [-0.25, -0.2) is 4.39 Å². The second-order valence-electron chi connectivity index (χ2n) is 5.77. The molecule has 0 N–H and O–H groups in total. The summed E-state index contributed by atoms with van der Waals surface area (Å²) in [5, 5.41) is 0. The molecule has 1 aromatic carbocycles. The fourth-order valence-electron chi connectivity index (χ4n) is 2.98. The summed E-state index contributed by atoms with van der Waals surface area (Å²) in [6, 6.07) is 5.73. The minimum absolute atomic E-state index is 0.162. The molecule has 0 aromatic heterocycles. The minimum Gasteiger partial charge on any atom is -0.296 e. The van der Waals surface area contributed by atoms with Gasteiger partial charge >= 0.3 is 0 Å². The Morgan fingerprint density at radius 1 is 1.28 bits per heavy atom. The zero-order valence-electron chi connectivity index (χ0n) is 11.3. The molecule has 1 aromatic rings. The Morgan fingerprint density at radius 2 is 2.00 bits per heavy atom. The molecule has 0 radical (unpaired) electrons. The number of benzene rings is 1. The Morgan fingerprint density at radius 3 is 2.67 bits per heavy atom. The van der Waals surface area contributed by atoms with Gasteiger partial charge in [0.15, 0.2) is 0 Å². The van der Waals surface area contributed by atoms with E-state index in [0.717, 1.165) is 29.0 Å². The number of halogens is 2. The fraction of sp³-hybridized carbons (Fsp3) is 0.600. The molecule has 2 rings (SSSR count). The summed E-state index contributed by atoms with van der Waals surface area (Å²) in [6.07, 6.45) is 1.30. The van der Waals surface area contributed by atoms with Crippen molar-refractivity contribution in [2.75, 3.05) is 6.54 Å². The number of likely N-dealkylation sites (tertiary alicyclic amines) is 1. The summed E-state index contributed by atoms with van der Waals surface area (Å²) in [5.41, 5.74) is 1.05. The molecule has 1 aliphatic heterocycles. The fourth-order valence-corrected chi connectivity index (χ4v) is 3.49. The zero-order valence-corrected chi connectivity index (χ0v) is 12.9. The summed E-state index contributed by atoms with van der Waals surface area (Å²) in [6.45, 7) is 8.85. The molecule has 0 aliphatic carbocycles. The third kappa shape index (κ3) is 3.33. The van der Waals surface area contributed by atoms with Gasteiger partial charge in [0, 0.05) is 23.6 Å². The van der Waals surface area contributed by atoms with Gasteiger partial charge in [-0.3, -0.25) is 4.90 Å².